The quantitative estimate of drug-likeness (QED) is 0.376. The molecule has 0 atom stereocenters. The van der Waals surface area contributed by atoms with E-state index in [0.29, 0.717) is 6.42 Å². The summed E-state index contributed by atoms with van der Waals surface area (Å²) in [5.41, 5.74) is -0.949. The molecule has 86 valence electrons. The molecule has 1 amide bonds. The topological polar surface area (TPSA) is 46.6 Å². The van der Waals surface area contributed by atoms with Gasteiger partial charge in [0.25, 0.3) is 0 Å². The summed E-state index contributed by atoms with van der Waals surface area (Å²) >= 11 is 0. The molecule has 0 radical (unpaired) electrons. The third kappa shape index (κ3) is 3.57. The average molecular weight is 213 g/mol. The van der Waals surface area contributed by atoms with Gasteiger partial charge in [-0.3, -0.25) is 9.59 Å². The highest BCUT2D eigenvalue weighted by Crippen LogP contribution is 2.31. The van der Waals surface area contributed by atoms with Crippen molar-refractivity contribution in [2.45, 2.75) is 39.7 Å². The first-order valence-electron chi connectivity index (χ1n) is 4.94. The largest absolute Gasteiger partial charge is 0.469 e. The number of esters is 1. The molecule has 0 aliphatic rings. The molecule has 0 spiro atoms. The van der Waals surface area contributed by atoms with Crippen LogP contribution in [-0.4, -0.2) is 37.8 Å². The second kappa shape index (κ2) is 4.68. The Morgan fingerprint density at radius 2 is 1.87 bits per heavy atom. The molecule has 0 N–H and O–H groups in total. The maximum Gasteiger partial charge on any atom is 0.311 e. The van der Waals surface area contributed by atoms with E-state index in [1.807, 2.05) is 27.7 Å². The predicted molar refractivity (Wildman–Crippen MR) is 60.9 cm³/mol. The van der Waals surface area contributed by atoms with Crippen LogP contribution in [0.3, 0.4) is 0 Å². The van der Waals surface area contributed by atoms with Crippen LogP contribution in [0, 0.1) is 5.41 Å². The van der Waals surface area contributed by atoms with Crippen molar-refractivity contribution in [3.8, 4) is 0 Å². The van der Waals surface area contributed by atoms with Crippen molar-refractivity contribution in [1.82, 2.24) is 4.81 Å². The highest BCUT2D eigenvalue weighted by Gasteiger charge is 2.37. The lowest BCUT2D eigenvalue weighted by Crippen LogP contribution is -2.46. The van der Waals surface area contributed by atoms with Crippen LogP contribution in [0.2, 0.25) is 0 Å². The molecular formula is C10H20BNO3. The number of methoxy groups -OCH3 is 1. The molecule has 0 aliphatic carbocycles. The molecule has 15 heavy (non-hydrogen) atoms. The van der Waals surface area contributed by atoms with Crippen LogP contribution in [0.5, 0.6) is 0 Å². The van der Waals surface area contributed by atoms with Gasteiger partial charge < -0.3 is 9.55 Å². The molecule has 0 heterocycles. The number of nitrogens with zero attached hydrogens (tertiary/aromatic N) is 1. The fourth-order valence-corrected chi connectivity index (χ4v) is 1.70. The van der Waals surface area contributed by atoms with E-state index in [4.69, 9.17) is 4.74 Å². The monoisotopic (exact) mass is 213 g/mol. The number of amides is 1. The summed E-state index contributed by atoms with van der Waals surface area (Å²) in [5.74, 6) is -0.255. The van der Waals surface area contributed by atoms with Crippen molar-refractivity contribution in [2.24, 2.45) is 5.41 Å². The number of hydrogen-bond donors (Lipinski definition) is 0. The molecule has 0 aromatic heterocycles. The Hall–Kier alpha value is -0.995. The van der Waals surface area contributed by atoms with E-state index in [1.54, 1.807) is 12.8 Å². The van der Waals surface area contributed by atoms with Crippen LogP contribution in [0.1, 0.15) is 34.1 Å². The molecule has 0 saturated carbocycles. The SMILES string of the molecule is BN(C=O)C(C)(C)CC(C)(C)C(=O)OC. The van der Waals surface area contributed by atoms with Crippen LogP contribution in [-0.2, 0) is 14.3 Å². The minimum atomic E-state index is -0.588. The fourth-order valence-electron chi connectivity index (χ4n) is 1.70. The number of carbonyl (C=O) groups excluding carboxylic acids is 2. The Labute approximate surface area is 92.4 Å². The molecule has 0 aromatic carbocycles. The molecule has 0 bridgehead atoms. The second-order valence-corrected chi connectivity index (χ2v) is 5.08. The van der Waals surface area contributed by atoms with Crippen molar-refractivity contribution >= 4 is 20.4 Å². The molecular weight excluding hydrogens is 193 g/mol. The predicted octanol–water partition coefficient (Wildman–Crippen LogP) is 0.361. The maximum atomic E-state index is 11.5. The van der Waals surface area contributed by atoms with E-state index in [0.717, 1.165) is 6.41 Å². The van der Waals surface area contributed by atoms with E-state index >= 15 is 0 Å². The molecule has 0 aromatic rings. The highest BCUT2D eigenvalue weighted by molar-refractivity contribution is 6.10. The van der Waals surface area contributed by atoms with E-state index in [9.17, 15) is 9.59 Å². The van der Waals surface area contributed by atoms with Crippen LogP contribution in [0.25, 0.3) is 0 Å². The molecule has 4 nitrogen and oxygen atoms in total. The van der Waals surface area contributed by atoms with Gasteiger partial charge in [-0.1, -0.05) is 0 Å². The fraction of sp³-hybridized carbons (Fsp3) is 0.800. The van der Waals surface area contributed by atoms with Crippen molar-refractivity contribution in [3.63, 3.8) is 0 Å². The summed E-state index contributed by atoms with van der Waals surface area (Å²) in [6.45, 7) is 7.48. The molecule has 0 rings (SSSR count). The lowest BCUT2D eigenvalue weighted by atomic mass is 9.78. The van der Waals surface area contributed by atoms with Gasteiger partial charge in [-0.2, -0.15) is 0 Å². The average Bonchev–Trinajstić information content (AvgIpc) is 2.13. The number of ether oxygens (including phenoxy) is 1. The van der Waals surface area contributed by atoms with E-state index < -0.39 is 5.41 Å². The van der Waals surface area contributed by atoms with Gasteiger partial charge in [-0.05, 0) is 34.1 Å². The van der Waals surface area contributed by atoms with Crippen molar-refractivity contribution < 1.29 is 14.3 Å². The Bertz CT molecular complexity index is 251. The summed E-state index contributed by atoms with van der Waals surface area (Å²) in [7, 11) is 3.08. The van der Waals surface area contributed by atoms with Gasteiger partial charge >= 0.3 is 5.97 Å². The van der Waals surface area contributed by atoms with E-state index in [-0.39, 0.29) is 11.5 Å². The van der Waals surface area contributed by atoms with Crippen molar-refractivity contribution in [1.29, 1.82) is 0 Å². The van der Waals surface area contributed by atoms with Crippen molar-refractivity contribution in [2.75, 3.05) is 7.11 Å². The Morgan fingerprint density at radius 1 is 1.40 bits per heavy atom. The van der Waals surface area contributed by atoms with Gasteiger partial charge in [-0.25, -0.2) is 0 Å². The third-order valence-electron chi connectivity index (χ3n) is 2.73. The van der Waals surface area contributed by atoms with Gasteiger partial charge in [0.2, 0.25) is 7.98 Å². The van der Waals surface area contributed by atoms with Gasteiger partial charge in [-0.15, -0.1) is 0 Å². The van der Waals surface area contributed by atoms with Gasteiger partial charge in [0.15, 0.2) is 6.41 Å². The minimum absolute atomic E-state index is 0.255. The molecule has 0 saturated heterocycles. The third-order valence-corrected chi connectivity index (χ3v) is 2.73. The van der Waals surface area contributed by atoms with Crippen LogP contribution in [0.4, 0.5) is 0 Å². The first-order chi connectivity index (χ1) is 6.67. The summed E-state index contributed by atoms with van der Waals surface area (Å²) in [6, 6.07) is 0. The van der Waals surface area contributed by atoms with Crippen molar-refractivity contribution in [3.05, 3.63) is 0 Å². The number of carbonyl (C=O) groups is 2. The normalized spacial score (nSPS) is 12.1. The zero-order chi connectivity index (χ0) is 12.3. The first-order valence-corrected chi connectivity index (χ1v) is 4.94. The Morgan fingerprint density at radius 3 is 2.20 bits per heavy atom. The highest BCUT2D eigenvalue weighted by atomic mass is 16.5. The van der Waals surface area contributed by atoms with Gasteiger partial charge in [0.1, 0.15) is 0 Å². The Balaban J connectivity index is 4.70. The van der Waals surface area contributed by atoms with Gasteiger partial charge in [0, 0.05) is 5.54 Å². The molecule has 0 unspecified atom stereocenters. The molecule has 5 heteroatoms. The number of rotatable bonds is 5. The first kappa shape index (κ1) is 14.0. The van der Waals surface area contributed by atoms with Gasteiger partial charge in [0.05, 0.1) is 12.5 Å². The van der Waals surface area contributed by atoms with Crippen LogP contribution < -0.4 is 0 Å². The van der Waals surface area contributed by atoms with E-state index in [2.05, 4.69) is 0 Å². The van der Waals surface area contributed by atoms with Crippen LogP contribution in [0.15, 0.2) is 0 Å². The summed E-state index contributed by atoms with van der Waals surface area (Å²) < 4.78 is 4.73. The lowest BCUT2D eigenvalue weighted by molar-refractivity contribution is -0.152. The van der Waals surface area contributed by atoms with E-state index in [1.165, 1.54) is 7.11 Å². The lowest BCUT2D eigenvalue weighted by Gasteiger charge is -2.38. The zero-order valence-corrected chi connectivity index (χ0v) is 10.5. The second-order valence-electron chi connectivity index (χ2n) is 5.08. The smallest absolute Gasteiger partial charge is 0.311 e. The van der Waals surface area contributed by atoms with Crippen LogP contribution >= 0.6 is 0 Å². The number of hydrogen-bond acceptors (Lipinski definition) is 3. The molecule has 0 fully saturated rings. The zero-order valence-electron chi connectivity index (χ0n) is 10.5. The summed E-state index contributed by atoms with van der Waals surface area (Å²) in [6.07, 6.45) is 1.33. The summed E-state index contributed by atoms with van der Waals surface area (Å²) in [5, 5.41) is 0. The minimum Gasteiger partial charge on any atom is -0.469 e. The maximum absolute atomic E-state index is 11.5. The standard InChI is InChI=1S/C10H20BNO3/c1-9(2,8(14)15-5)6-10(3,4)12(11)7-13/h7H,6,11H2,1-5H3. The Kier molecular flexibility index (Phi) is 4.37. The summed E-state index contributed by atoms with van der Waals surface area (Å²) in [4.78, 5) is 23.7. The molecule has 0 aliphatic heterocycles.